The third-order valence-corrected chi connectivity index (χ3v) is 15.7. The number of aliphatic carboxylic acids is 4. The molecule has 11 amide bonds. The summed E-state index contributed by atoms with van der Waals surface area (Å²) in [5.41, 5.74) is 12.6. The first-order chi connectivity index (χ1) is 46.2. The molecule has 544 valence electrons. The Labute approximate surface area is 570 Å². The Morgan fingerprint density at radius 3 is 1.13 bits per heavy atom. The van der Waals surface area contributed by atoms with E-state index in [0.29, 0.717) is 18.4 Å². The summed E-state index contributed by atoms with van der Waals surface area (Å²) in [6.45, 7) is 12.3. The van der Waals surface area contributed by atoms with E-state index < -0.39 is 207 Å². The van der Waals surface area contributed by atoms with Gasteiger partial charge >= 0.3 is 23.9 Å². The van der Waals surface area contributed by atoms with Crippen LogP contribution in [0.1, 0.15) is 162 Å². The van der Waals surface area contributed by atoms with Crippen molar-refractivity contribution in [2.45, 2.75) is 231 Å². The van der Waals surface area contributed by atoms with Crippen LogP contribution < -0.4 is 70.0 Å². The van der Waals surface area contributed by atoms with E-state index in [9.17, 15) is 92.3 Å². The van der Waals surface area contributed by atoms with Crippen LogP contribution in [-0.4, -0.2) is 182 Å². The number of carbonyl (C=O) groups excluding carboxylic acids is 11. The Morgan fingerprint density at radius 1 is 0.388 bits per heavy atom. The lowest BCUT2D eigenvalue weighted by atomic mass is 10.00. The lowest BCUT2D eigenvalue weighted by Gasteiger charge is -2.28. The van der Waals surface area contributed by atoms with Crippen molar-refractivity contribution in [3.8, 4) is 0 Å². The van der Waals surface area contributed by atoms with Crippen molar-refractivity contribution in [2.75, 3.05) is 6.54 Å². The third kappa shape index (κ3) is 33.9. The summed E-state index contributed by atoms with van der Waals surface area (Å²) in [5.74, 6) is -16.4. The standard InChI is InChI=1S/C66H101N13O19/c1-8-9-22-43(59(91)76-47(26-30-54(83)84)63(95)77-48(27-31-55(85)86)62(94)75-46(25-29-53(81)82)58(90)71-40(7)57(89)70-39(6)38(4)5)72-61(93)45(24-28-52(68)80)74-60(92)44(23-16-17-32-67)73-66(98)51(34-41-18-12-10-13-19-41)79-65(97)50(33-37(2)3)78-64(96)49(35-56(87)88)69-36-42-20-14-11-15-21-42/h10-15,18-21,37-40,43-51,69H,8-9,16-17,22-36,67H2,1-7H3,(H2,68,80)(H,70,89)(H,71,90)(H,72,93)(H,73,98)(H,74,92)(H,75,94)(H,76,91)(H,77,95)(H,78,96)(H,79,97)(H,81,82)(H,83,84)(H,85,86)(H,87,88)/t39-,40+,43+,44+,45+,46+,47+,48+,49+,50+,51-/m1/s1. The average Bonchev–Trinajstić information content (AvgIpc) is 0.862. The van der Waals surface area contributed by atoms with Crippen LogP contribution in [0.4, 0.5) is 0 Å². The zero-order chi connectivity index (χ0) is 73.6. The van der Waals surface area contributed by atoms with Gasteiger partial charge in [0.25, 0.3) is 0 Å². The molecular formula is C66H101N13O19. The van der Waals surface area contributed by atoms with Crippen molar-refractivity contribution in [3.05, 3.63) is 71.8 Å². The molecule has 0 saturated carbocycles. The van der Waals surface area contributed by atoms with Crippen LogP contribution in [0.15, 0.2) is 60.7 Å². The van der Waals surface area contributed by atoms with Crippen LogP contribution in [0.25, 0.3) is 0 Å². The van der Waals surface area contributed by atoms with Gasteiger partial charge in [0.15, 0.2) is 0 Å². The Morgan fingerprint density at radius 2 is 0.745 bits per heavy atom. The number of hydrogen-bond acceptors (Lipinski definition) is 17. The molecule has 0 bridgehead atoms. The zero-order valence-corrected chi connectivity index (χ0v) is 56.8. The molecule has 0 aliphatic rings. The highest BCUT2D eigenvalue weighted by atomic mass is 16.4. The van der Waals surface area contributed by atoms with Gasteiger partial charge in [-0.25, -0.2) is 0 Å². The van der Waals surface area contributed by atoms with E-state index in [2.05, 4.69) is 58.5 Å². The average molecular weight is 1380 g/mol. The molecule has 2 aromatic rings. The predicted molar refractivity (Wildman–Crippen MR) is 356 cm³/mol. The first-order valence-corrected chi connectivity index (χ1v) is 33.0. The molecule has 0 aliphatic carbocycles. The second kappa shape index (κ2) is 45.0. The van der Waals surface area contributed by atoms with E-state index >= 15 is 0 Å². The number of rotatable bonds is 49. The molecule has 0 fully saturated rings. The van der Waals surface area contributed by atoms with Crippen molar-refractivity contribution in [1.82, 2.24) is 58.5 Å². The quantitative estimate of drug-likeness (QED) is 0.0376. The summed E-state index contributed by atoms with van der Waals surface area (Å²) >= 11 is 0. The van der Waals surface area contributed by atoms with Gasteiger partial charge in [-0.05, 0) is 101 Å². The molecule has 0 aliphatic heterocycles. The molecule has 0 aromatic heterocycles. The Balaban J connectivity index is 2.55. The number of hydrogen-bond donors (Lipinski definition) is 17. The van der Waals surface area contributed by atoms with Gasteiger partial charge in [0, 0.05) is 44.7 Å². The lowest BCUT2D eigenvalue weighted by molar-refractivity contribution is -0.140. The van der Waals surface area contributed by atoms with Gasteiger partial charge in [0.05, 0.1) is 12.5 Å². The molecule has 11 atom stereocenters. The van der Waals surface area contributed by atoms with Crippen LogP contribution >= 0.6 is 0 Å². The van der Waals surface area contributed by atoms with Crippen LogP contribution in [-0.2, 0) is 84.9 Å². The maximum absolute atomic E-state index is 14.6. The van der Waals surface area contributed by atoms with E-state index in [1.165, 1.54) is 6.92 Å². The van der Waals surface area contributed by atoms with Crippen molar-refractivity contribution in [2.24, 2.45) is 23.3 Å². The monoisotopic (exact) mass is 1380 g/mol. The van der Waals surface area contributed by atoms with Crippen molar-refractivity contribution in [3.63, 3.8) is 0 Å². The van der Waals surface area contributed by atoms with Gasteiger partial charge in [-0.15, -0.1) is 0 Å². The van der Waals surface area contributed by atoms with Crippen LogP contribution in [0.5, 0.6) is 0 Å². The smallest absolute Gasteiger partial charge is 0.305 e. The lowest BCUT2D eigenvalue weighted by Crippen LogP contribution is -2.61. The van der Waals surface area contributed by atoms with Crippen LogP contribution in [0, 0.1) is 11.8 Å². The molecule has 32 heteroatoms. The number of amides is 11. The highest BCUT2D eigenvalue weighted by molar-refractivity contribution is 5.99. The summed E-state index contributed by atoms with van der Waals surface area (Å²) in [5, 5.41) is 66.7. The largest absolute Gasteiger partial charge is 0.481 e. The SMILES string of the molecule is CCCC[C@H](NC(=O)[C@H](CCC(N)=O)NC(=O)[C@H](CCCCN)NC(=O)[C@@H](Cc1ccccc1)NC(=O)[C@H](CC(C)C)NC(=O)[C@H](CC(=O)O)NCc1ccccc1)C(=O)N[C@@H](CCC(=O)O)C(=O)N[C@@H](CCC(=O)O)C(=O)N[C@@H](CCC(=O)O)C(=O)N[C@@H](C)C(=O)N[C@H](C)C(C)C. The minimum absolute atomic E-state index is 0.00892. The maximum atomic E-state index is 14.6. The second-order valence-corrected chi connectivity index (χ2v) is 24.8. The van der Waals surface area contributed by atoms with Gasteiger partial charge in [-0.2, -0.15) is 0 Å². The summed E-state index contributed by atoms with van der Waals surface area (Å²) in [6.07, 6.45) is -4.85. The number of nitrogens with two attached hydrogens (primary N) is 2. The summed E-state index contributed by atoms with van der Waals surface area (Å²) in [6, 6.07) is 1.73. The highest BCUT2D eigenvalue weighted by Gasteiger charge is 2.37. The van der Waals surface area contributed by atoms with Crippen molar-refractivity contribution < 1.29 is 92.3 Å². The van der Waals surface area contributed by atoms with E-state index in [1.54, 1.807) is 88.4 Å². The minimum atomic E-state index is -1.83. The number of carboxylic acid groups (broad SMARTS) is 4. The van der Waals surface area contributed by atoms with Gasteiger partial charge < -0.3 is 90.4 Å². The normalized spacial score (nSPS) is 14.5. The van der Waals surface area contributed by atoms with Gasteiger partial charge in [-0.3, -0.25) is 71.9 Å². The molecule has 0 heterocycles. The van der Waals surface area contributed by atoms with E-state index in [1.807, 2.05) is 13.8 Å². The summed E-state index contributed by atoms with van der Waals surface area (Å²) < 4.78 is 0. The van der Waals surface area contributed by atoms with E-state index in [-0.39, 0.29) is 69.5 Å². The molecule has 0 unspecified atom stereocenters. The predicted octanol–water partition coefficient (Wildman–Crippen LogP) is -0.369. The van der Waals surface area contributed by atoms with E-state index in [0.717, 1.165) is 5.56 Å². The first-order valence-electron chi connectivity index (χ1n) is 33.0. The van der Waals surface area contributed by atoms with Gasteiger partial charge in [0.1, 0.15) is 54.4 Å². The zero-order valence-electron chi connectivity index (χ0n) is 56.8. The van der Waals surface area contributed by atoms with Gasteiger partial charge in [0.2, 0.25) is 65.0 Å². The Hall–Kier alpha value is -9.59. The fourth-order valence-corrected chi connectivity index (χ4v) is 9.71. The van der Waals surface area contributed by atoms with Gasteiger partial charge in [-0.1, -0.05) is 108 Å². The van der Waals surface area contributed by atoms with Crippen molar-refractivity contribution in [1.29, 1.82) is 0 Å². The number of carbonyl (C=O) groups is 15. The van der Waals surface area contributed by atoms with E-state index in [4.69, 9.17) is 11.5 Å². The topological polar surface area (TPSA) is 521 Å². The summed E-state index contributed by atoms with van der Waals surface area (Å²) in [7, 11) is 0. The molecule has 0 spiro atoms. The second-order valence-electron chi connectivity index (χ2n) is 24.8. The molecule has 2 rings (SSSR count). The van der Waals surface area contributed by atoms with Crippen LogP contribution in [0.2, 0.25) is 0 Å². The first kappa shape index (κ1) is 84.5. The molecule has 98 heavy (non-hydrogen) atoms. The maximum Gasteiger partial charge on any atom is 0.305 e. The fourth-order valence-electron chi connectivity index (χ4n) is 9.71. The highest BCUT2D eigenvalue weighted by Crippen LogP contribution is 2.14. The molecular weight excluding hydrogens is 1280 g/mol. The summed E-state index contributed by atoms with van der Waals surface area (Å²) in [4.78, 5) is 201. The number of carboxylic acids is 4. The fraction of sp³-hybridized carbons (Fsp3) is 0.591. The third-order valence-electron chi connectivity index (χ3n) is 15.7. The molecule has 0 radical (unpaired) electrons. The molecule has 32 nitrogen and oxygen atoms in total. The minimum Gasteiger partial charge on any atom is -0.481 e. The molecule has 2 aromatic carbocycles. The number of primary amides is 1. The Kier molecular flexibility index (Phi) is 38.8. The van der Waals surface area contributed by atoms with Crippen molar-refractivity contribution >= 4 is 88.9 Å². The molecule has 19 N–H and O–H groups in total. The number of nitrogens with one attached hydrogen (secondary N) is 11. The Bertz CT molecular complexity index is 2990. The number of unbranched alkanes of at least 4 members (excludes halogenated alkanes) is 2. The number of benzene rings is 2. The molecule has 0 saturated heterocycles. The van der Waals surface area contributed by atoms with Crippen LogP contribution in [0.3, 0.4) is 0 Å².